The number of thiazole rings is 1. The molecule has 0 bridgehead atoms. The molecular formula is C23H18N2O3S. The minimum Gasteiger partial charge on any atom is -0.486 e. The largest absolute Gasteiger partial charge is 0.486 e. The molecule has 2 heterocycles. The highest BCUT2D eigenvalue weighted by Crippen LogP contribution is 2.35. The Labute approximate surface area is 171 Å². The fourth-order valence-electron chi connectivity index (χ4n) is 3.34. The van der Waals surface area contributed by atoms with Crippen molar-refractivity contribution < 1.29 is 14.3 Å². The van der Waals surface area contributed by atoms with Crippen LogP contribution in [-0.4, -0.2) is 24.1 Å². The van der Waals surface area contributed by atoms with Crippen molar-refractivity contribution in [2.75, 3.05) is 18.5 Å². The number of nitrogens with zero attached hydrogens (tertiary/aromatic N) is 1. The number of anilines is 1. The van der Waals surface area contributed by atoms with Gasteiger partial charge in [-0.1, -0.05) is 30.3 Å². The number of rotatable bonds is 4. The standard InChI is InChI=1S/C23H18N2O3S/c26-22(14-15-9-10-19-20(13-15)28-12-11-27-19)24-17-6-2-1-5-16(17)23-25-18-7-3-4-8-21(18)29-23/h1-10,13H,11-12,14H2,(H,24,26). The molecule has 1 aliphatic heterocycles. The summed E-state index contributed by atoms with van der Waals surface area (Å²) in [4.78, 5) is 17.4. The van der Waals surface area contributed by atoms with Gasteiger partial charge in [0.25, 0.3) is 0 Å². The fourth-order valence-corrected chi connectivity index (χ4v) is 4.35. The van der Waals surface area contributed by atoms with E-state index in [4.69, 9.17) is 14.5 Å². The lowest BCUT2D eigenvalue weighted by molar-refractivity contribution is -0.115. The number of ether oxygens (including phenoxy) is 2. The molecule has 144 valence electrons. The van der Waals surface area contributed by atoms with Crippen molar-refractivity contribution in [1.82, 2.24) is 4.98 Å². The second-order valence-electron chi connectivity index (χ2n) is 6.74. The SMILES string of the molecule is O=C(Cc1ccc2c(c1)OCCO2)Nc1ccccc1-c1nc2ccccc2s1. The molecule has 0 spiro atoms. The van der Waals surface area contributed by atoms with E-state index in [0.29, 0.717) is 19.0 Å². The minimum atomic E-state index is -0.0877. The second-order valence-corrected chi connectivity index (χ2v) is 7.77. The van der Waals surface area contributed by atoms with Crippen molar-refractivity contribution >= 4 is 33.1 Å². The summed E-state index contributed by atoms with van der Waals surface area (Å²) in [5, 5.41) is 3.93. The van der Waals surface area contributed by atoms with Crippen molar-refractivity contribution in [1.29, 1.82) is 0 Å². The predicted octanol–water partition coefficient (Wildman–Crippen LogP) is 4.92. The molecule has 0 saturated carbocycles. The molecule has 6 heteroatoms. The van der Waals surface area contributed by atoms with Gasteiger partial charge in [0.15, 0.2) is 11.5 Å². The quantitative estimate of drug-likeness (QED) is 0.527. The Bertz CT molecular complexity index is 1170. The monoisotopic (exact) mass is 402 g/mol. The summed E-state index contributed by atoms with van der Waals surface area (Å²) < 4.78 is 12.3. The highest BCUT2D eigenvalue weighted by Gasteiger charge is 2.15. The molecule has 4 aromatic rings. The Balaban J connectivity index is 1.37. The summed E-state index contributed by atoms with van der Waals surface area (Å²) in [5.41, 5.74) is 3.52. The van der Waals surface area contributed by atoms with Crippen LogP contribution in [0.4, 0.5) is 5.69 Å². The molecule has 0 radical (unpaired) electrons. The van der Waals surface area contributed by atoms with E-state index in [9.17, 15) is 4.79 Å². The van der Waals surface area contributed by atoms with Crippen LogP contribution >= 0.6 is 11.3 Å². The number of benzene rings is 3. The van der Waals surface area contributed by atoms with Gasteiger partial charge in [-0.05, 0) is 42.0 Å². The average Bonchev–Trinajstić information content (AvgIpc) is 3.18. The van der Waals surface area contributed by atoms with Crippen molar-refractivity contribution in [3.05, 3.63) is 72.3 Å². The van der Waals surface area contributed by atoms with Crippen LogP contribution in [0.5, 0.6) is 11.5 Å². The van der Waals surface area contributed by atoms with Gasteiger partial charge in [0, 0.05) is 5.56 Å². The van der Waals surface area contributed by atoms with Gasteiger partial charge in [0.05, 0.1) is 22.3 Å². The molecule has 1 N–H and O–H groups in total. The molecule has 0 aliphatic carbocycles. The molecule has 0 atom stereocenters. The predicted molar refractivity (Wildman–Crippen MR) is 115 cm³/mol. The maximum atomic E-state index is 12.7. The molecule has 3 aromatic carbocycles. The zero-order chi connectivity index (χ0) is 19.6. The number of carbonyl (C=O) groups is 1. The first-order valence-corrected chi connectivity index (χ1v) is 10.2. The van der Waals surface area contributed by atoms with Gasteiger partial charge < -0.3 is 14.8 Å². The van der Waals surface area contributed by atoms with E-state index in [1.807, 2.05) is 60.7 Å². The van der Waals surface area contributed by atoms with Gasteiger partial charge in [-0.15, -0.1) is 11.3 Å². The Hall–Kier alpha value is -3.38. The number of fused-ring (bicyclic) bond motifs is 2. The van der Waals surface area contributed by atoms with Crippen LogP contribution in [0.3, 0.4) is 0 Å². The Morgan fingerprint density at radius 3 is 2.66 bits per heavy atom. The fraction of sp³-hybridized carbons (Fsp3) is 0.130. The zero-order valence-corrected chi connectivity index (χ0v) is 16.4. The van der Waals surface area contributed by atoms with Crippen molar-refractivity contribution in [2.24, 2.45) is 0 Å². The first kappa shape index (κ1) is 17.7. The molecule has 1 aliphatic rings. The van der Waals surface area contributed by atoms with E-state index in [0.717, 1.165) is 37.8 Å². The van der Waals surface area contributed by atoms with Gasteiger partial charge in [0.2, 0.25) is 5.91 Å². The summed E-state index contributed by atoms with van der Waals surface area (Å²) >= 11 is 1.62. The van der Waals surface area contributed by atoms with Crippen LogP contribution in [-0.2, 0) is 11.2 Å². The Morgan fingerprint density at radius 2 is 1.76 bits per heavy atom. The molecular weight excluding hydrogens is 384 g/mol. The molecule has 0 fully saturated rings. The highest BCUT2D eigenvalue weighted by atomic mass is 32.1. The maximum Gasteiger partial charge on any atom is 0.228 e. The van der Waals surface area contributed by atoms with E-state index in [1.54, 1.807) is 11.3 Å². The lowest BCUT2D eigenvalue weighted by Gasteiger charge is -2.18. The number of hydrogen-bond donors (Lipinski definition) is 1. The summed E-state index contributed by atoms with van der Waals surface area (Å²) in [6.45, 7) is 1.08. The van der Waals surface area contributed by atoms with Crippen LogP contribution in [0.1, 0.15) is 5.56 Å². The van der Waals surface area contributed by atoms with Crippen LogP contribution < -0.4 is 14.8 Å². The topological polar surface area (TPSA) is 60.5 Å². The van der Waals surface area contributed by atoms with E-state index in [-0.39, 0.29) is 12.3 Å². The van der Waals surface area contributed by atoms with E-state index in [1.165, 1.54) is 0 Å². The molecule has 5 rings (SSSR count). The average molecular weight is 402 g/mol. The number of nitrogens with one attached hydrogen (secondary N) is 1. The number of para-hydroxylation sites is 2. The van der Waals surface area contributed by atoms with Gasteiger partial charge in [0.1, 0.15) is 18.2 Å². The molecule has 0 unspecified atom stereocenters. The first-order valence-electron chi connectivity index (χ1n) is 9.40. The van der Waals surface area contributed by atoms with Crippen molar-refractivity contribution in [3.63, 3.8) is 0 Å². The lowest BCUT2D eigenvalue weighted by Crippen LogP contribution is -2.17. The molecule has 1 aromatic heterocycles. The van der Waals surface area contributed by atoms with E-state index < -0.39 is 0 Å². The van der Waals surface area contributed by atoms with Crippen LogP contribution in [0.2, 0.25) is 0 Å². The summed E-state index contributed by atoms with van der Waals surface area (Å²) in [6.07, 6.45) is 0.255. The van der Waals surface area contributed by atoms with Crippen LogP contribution in [0, 0.1) is 0 Å². The van der Waals surface area contributed by atoms with Gasteiger partial charge in [-0.3, -0.25) is 4.79 Å². The van der Waals surface area contributed by atoms with Gasteiger partial charge >= 0.3 is 0 Å². The van der Waals surface area contributed by atoms with Crippen LogP contribution in [0.25, 0.3) is 20.8 Å². The maximum absolute atomic E-state index is 12.7. The zero-order valence-electron chi connectivity index (χ0n) is 15.6. The number of hydrogen-bond acceptors (Lipinski definition) is 5. The first-order chi connectivity index (χ1) is 14.3. The minimum absolute atomic E-state index is 0.0877. The van der Waals surface area contributed by atoms with Crippen LogP contribution in [0.15, 0.2) is 66.7 Å². The Morgan fingerprint density at radius 1 is 0.966 bits per heavy atom. The number of aromatic nitrogens is 1. The number of carbonyl (C=O) groups excluding carboxylic acids is 1. The summed E-state index contributed by atoms with van der Waals surface area (Å²) in [6, 6.07) is 21.4. The summed E-state index contributed by atoms with van der Waals surface area (Å²) in [5.74, 6) is 1.33. The van der Waals surface area contributed by atoms with E-state index in [2.05, 4.69) is 11.4 Å². The highest BCUT2D eigenvalue weighted by molar-refractivity contribution is 7.21. The van der Waals surface area contributed by atoms with Gasteiger partial charge in [-0.2, -0.15) is 0 Å². The lowest BCUT2D eigenvalue weighted by atomic mass is 10.1. The Kier molecular flexibility index (Phi) is 4.62. The third kappa shape index (κ3) is 3.67. The normalized spacial score (nSPS) is 12.7. The molecule has 1 amide bonds. The number of amides is 1. The third-order valence-electron chi connectivity index (χ3n) is 4.70. The molecule has 29 heavy (non-hydrogen) atoms. The smallest absolute Gasteiger partial charge is 0.228 e. The van der Waals surface area contributed by atoms with Crippen molar-refractivity contribution in [3.8, 4) is 22.1 Å². The summed E-state index contributed by atoms with van der Waals surface area (Å²) in [7, 11) is 0. The van der Waals surface area contributed by atoms with E-state index >= 15 is 0 Å². The van der Waals surface area contributed by atoms with Gasteiger partial charge in [-0.25, -0.2) is 4.98 Å². The molecule has 5 nitrogen and oxygen atoms in total. The van der Waals surface area contributed by atoms with Crippen molar-refractivity contribution in [2.45, 2.75) is 6.42 Å². The second kappa shape index (κ2) is 7.56. The third-order valence-corrected chi connectivity index (χ3v) is 5.77. The molecule has 0 saturated heterocycles.